The number of Topliss-reactive ketones (excluding diaryl/α,β-unsaturated/α-hetero) is 1. The van der Waals surface area contributed by atoms with Crippen LogP contribution in [0.1, 0.15) is 6.92 Å². The molecule has 0 aromatic heterocycles. The summed E-state index contributed by atoms with van der Waals surface area (Å²) in [6.45, 7) is 0.0329. The Balaban J connectivity index is 3.28. The Bertz CT molecular complexity index is 345. The summed E-state index contributed by atoms with van der Waals surface area (Å²) in [4.78, 5) is 22.1. The first kappa shape index (κ1) is 11.5. The fourth-order valence-corrected chi connectivity index (χ4v) is 1.34. The second-order valence-corrected chi connectivity index (χ2v) is 3.08. The third kappa shape index (κ3) is 1.36. The summed E-state index contributed by atoms with van der Waals surface area (Å²) in [5.74, 6) is -4.45. The lowest BCUT2D eigenvalue weighted by atomic mass is 9.91. The molecule has 1 aliphatic heterocycles. The normalized spacial score (nSPS) is 27.8. The maximum absolute atomic E-state index is 11.2. The number of rotatable bonds is 3. The quantitative estimate of drug-likeness (QED) is 0.427. The van der Waals surface area contributed by atoms with E-state index >= 15 is 0 Å². The number of ether oxygens (including phenoxy) is 1. The van der Waals surface area contributed by atoms with Gasteiger partial charge in [0.2, 0.25) is 5.76 Å². The van der Waals surface area contributed by atoms with Crippen LogP contribution in [0.3, 0.4) is 0 Å². The molecule has 7 heteroatoms. The van der Waals surface area contributed by atoms with E-state index in [1.807, 2.05) is 0 Å². The monoisotopic (exact) mass is 218 g/mol. The van der Waals surface area contributed by atoms with Crippen LogP contribution in [0.15, 0.2) is 11.5 Å². The average Bonchev–Trinajstić information content (AvgIpc) is 2.42. The average molecular weight is 218 g/mol. The predicted molar refractivity (Wildman–Crippen MR) is 44.9 cm³/mol. The van der Waals surface area contributed by atoms with E-state index in [1.165, 1.54) is 0 Å². The summed E-state index contributed by atoms with van der Waals surface area (Å²) < 4.78 is 4.42. The van der Waals surface area contributed by atoms with E-state index in [9.17, 15) is 19.8 Å². The van der Waals surface area contributed by atoms with Gasteiger partial charge in [0.1, 0.15) is 6.10 Å². The highest BCUT2D eigenvalue weighted by Gasteiger charge is 2.57. The van der Waals surface area contributed by atoms with Crippen molar-refractivity contribution >= 4 is 11.8 Å². The van der Waals surface area contributed by atoms with Gasteiger partial charge in [0, 0.05) is 0 Å². The number of carbonyl (C=O) groups is 2. The topological polar surface area (TPSA) is 124 Å². The summed E-state index contributed by atoms with van der Waals surface area (Å²) >= 11 is 0. The molecule has 1 rings (SSSR count). The first-order valence-electron chi connectivity index (χ1n) is 4.04. The number of aliphatic hydroxyl groups is 4. The van der Waals surface area contributed by atoms with Crippen molar-refractivity contribution in [2.75, 3.05) is 6.61 Å². The summed E-state index contributed by atoms with van der Waals surface area (Å²) in [5.41, 5.74) is -2.39. The number of esters is 1. The molecular formula is C8H10O7. The van der Waals surface area contributed by atoms with Crippen LogP contribution in [0.2, 0.25) is 0 Å². The molecule has 4 N–H and O–H groups in total. The van der Waals surface area contributed by atoms with Crippen LogP contribution < -0.4 is 0 Å². The van der Waals surface area contributed by atoms with Crippen LogP contribution in [0.4, 0.5) is 0 Å². The maximum atomic E-state index is 11.2. The van der Waals surface area contributed by atoms with Crippen LogP contribution in [0.25, 0.3) is 0 Å². The molecule has 0 spiro atoms. The van der Waals surface area contributed by atoms with Gasteiger partial charge in [-0.05, 0) is 6.92 Å². The Hall–Kier alpha value is -1.60. The van der Waals surface area contributed by atoms with Crippen molar-refractivity contribution in [1.82, 2.24) is 0 Å². The van der Waals surface area contributed by atoms with Gasteiger partial charge in [-0.3, -0.25) is 4.79 Å². The molecule has 0 saturated carbocycles. The van der Waals surface area contributed by atoms with Gasteiger partial charge >= 0.3 is 5.97 Å². The molecule has 15 heavy (non-hydrogen) atoms. The molecule has 0 aromatic rings. The van der Waals surface area contributed by atoms with Crippen molar-refractivity contribution in [2.45, 2.75) is 18.6 Å². The van der Waals surface area contributed by atoms with Gasteiger partial charge in [-0.15, -0.1) is 0 Å². The smallest absolute Gasteiger partial charge is 0.378 e. The molecular weight excluding hydrogens is 208 g/mol. The number of aliphatic hydroxyl groups excluding tert-OH is 4. The molecule has 2 atom stereocenters. The molecule has 0 saturated heterocycles. The van der Waals surface area contributed by atoms with E-state index in [2.05, 4.69) is 4.74 Å². The molecule has 7 nitrogen and oxygen atoms in total. The van der Waals surface area contributed by atoms with Crippen molar-refractivity contribution in [3.63, 3.8) is 0 Å². The van der Waals surface area contributed by atoms with Gasteiger partial charge in [0.15, 0.2) is 11.5 Å². The van der Waals surface area contributed by atoms with Crippen LogP contribution in [-0.2, 0) is 14.3 Å². The number of ketones is 1. The van der Waals surface area contributed by atoms with E-state index < -0.39 is 41.6 Å². The maximum Gasteiger partial charge on any atom is 0.378 e. The molecule has 84 valence electrons. The number of hydrogen-bond acceptors (Lipinski definition) is 7. The highest BCUT2D eigenvalue weighted by atomic mass is 16.6. The molecule has 0 unspecified atom stereocenters. The summed E-state index contributed by atoms with van der Waals surface area (Å²) in [6, 6.07) is 0. The molecule has 0 aromatic carbocycles. The van der Waals surface area contributed by atoms with Gasteiger partial charge in [0.25, 0.3) is 5.60 Å². The standard InChI is InChI=1S/C8H10O7/c1-3(10)8(4(11)2-9)6(13)5(12)7(14)15-8/h4,9,11-13H,2H2,1H3/t4-,8+/m0/s1. The highest BCUT2D eigenvalue weighted by Crippen LogP contribution is 2.34. The Morgan fingerprint density at radius 3 is 2.33 bits per heavy atom. The SMILES string of the molecule is CC(=O)[C@]1([C@@H](O)CO)OC(=O)C(O)=C1O. The zero-order valence-corrected chi connectivity index (χ0v) is 7.80. The molecule has 0 amide bonds. The van der Waals surface area contributed by atoms with Crippen molar-refractivity contribution in [3.05, 3.63) is 11.5 Å². The fraction of sp³-hybridized carbons (Fsp3) is 0.500. The zero-order chi connectivity index (χ0) is 11.8. The molecule has 1 aliphatic rings. The molecule has 0 fully saturated rings. The van der Waals surface area contributed by atoms with Crippen molar-refractivity contribution in [2.24, 2.45) is 0 Å². The van der Waals surface area contributed by atoms with Gasteiger partial charge < -0.3 is 25.2 Å². The minimum Gasteiger partial charge on any atom is -0.505 e. The fourth-order valence-electron chi connectivity index (χ4n) is 1.34. The predicted octanol–water partition coefficient (Wildman–Crippen LogP) is -1.45. The van der Waals surface area contributed by atoms with Crippen molar-refractivity contribution in [3.8, 4) is 0 Å². The number of cyclic esters (lactones) is 1. The molecule has 0 bridgehead atoms. The molecule has 0 radical (unpaired) electrons. The Kier molecular flexibility index (Phi) is 2.69. The number of carbonyl (C=O) groups excluding carboxylic acids is 2. The second-order valence-electron chi connectivity index (χ2n) is 3.08. The largest absolute Gasteiger partial charge is 0.505 e. The summed E-state index contributed by atoms with van der Waals surface area (Å²) in [5, 5.41) is 36.4. The molecule has 1 heterocycles. The second kappa shape index (κ2) is 3.52. The third-order valence-corrected chi connectivity index (χ3v) is 2.19. The van der Waals surface area contributed by atoms with Crippen LogP contribution in [0, 0.1) is 0 Å². The lowest BCUT2D eigenvalue weighted by Gasteiger charge is -2.28. The van der Waals surface area contributed by atoms with E-state index in [4.69, 9.17) is 10.2 Å². The highest BCUT2D eigenvalue weighted by molar-refractivity contribution is 6.00. The third-order valence-electron chi connectivity index (χ3n) is 2.19. The van der Waals surface area contributed by atoms with E-state index in [1.54, 1.807) is 0 Å². The minimum absolute atomic E-state index is 0.904. The first-order chi connectivity index (χ1) is 6.87. The molecule has 0 aliphatic carbocycles. The summed E-state index contributed by atoms with van der Waals surface area (Å²) in [6.07, 6.45) is -1.83. The van der Waals surface area contributed by atoms with E-state index in [-0.39, 0.29) is 0 Å². The first-order valence-corrected chi connectivity index (χ1v) is 4.04. The van der Waals surface area contributed by atoms with E-state index in [0.717, 1.165) is 6.92 Å². The van der Waals surface area contributed by atoms with Gasteiger partial charge in [-0.25, -0.2) is 4.79 Å². The lowest BCUT2D eigenvalue weighted by molar-refractivity contribution is -0.171. The zero-order valence-electron chi connectivity index (χ0n) is 7.80. The van der Waals surface area contributed by atoms with Crippen LogP contribution >= 0.6 is 0 Å². The van der Waals surface area contributed by atoms with Gasteiger partial charge in [-0.1, -0.05) is 0 Å². The van der Waals surface area contributed by atoms with Crippen LogP contribution in [-0.4, -0.2) is 50.5 Å². The Morgan fingerprint density at radius 2 is 2.07 bits per heavy atom. The minimum atomic E-state index is -2.39. The lowest BCUT2D eigenvalue weighted by Crippen LogP contribution is -2.52. The Labute approximate surface area is 84.2 Å². The van der Waals surface area contributed by atoms with Gasteiger partial charge in [-0.2, -0.15) is 0 Å². The number of hydrogen-bond donors (Lipinski definition) is 4. The Morgan fingerprint density at radius 1 is 1.53 bits per heavy atom. The summed E-state index contributed by atoms with van der Waals surface area (Å²) in [7, 11) is 0. The van der Waals surface area contributed by atoms with Crippen LogP contribution in [0.5, 0.6) is 0 Å². The van der Waals surface area contributed by atoms with Crippen molar-refractivity contribution in [1.29, 1.82) is 0 Å². The van der Waals surface area contributed by atoms with Gasteiger partial charge in [0.05, 0.1) is 6.61 Å². The van der Waals surface area contributed by atoms with Crippen molar-refractivity contribution < 1.29 is 34.8 Å². The van der Waals surface area contributed by atoms with E-state index in [0.29, 0.717) is 0 Å².